The fourth-order valence-electron chi connectivity index (χ4n) is 1.59. The Balaban J connectivity index is 2.40. The molecule has 0 aliphatic heterocycles. The summed E-state index contributed by atoms with van der Waals surface area (Å²) in [6, 6.07) is 12.8. The molecule has 0 radical (unpaired) electrons. The summed E-state index contributed by atoms with van der Waals surface area (Å²) < 4.78 is 13.2. The second kappa shape index (κ2) is 5.39. The monoisotopic (exact) mass is 271 g/mol. The number of halogens is 2. The molecule has 0 saturated carbocycles. The molecule has 0 spiro atoms. The number of nitrogens with zero attached hydrogens (tertiary/aromatic N) is 2. The summed E-state index contributed by atoms with van der Waals surface area (Å²) in [7, 11) is 0. The minimum Gasteiger partial charge on any atom is -0.354 e. The highest BCUT2D eigenvalue weighted by Crippen LogP contribution is 2.27. The number of nitriles is 2. The Morgan fingerprint density at radius 1 is 1.11 bits per heavy atom. The first-order valence-electron chi connectivity index (χ1n) is 5.31. The van der Waals surface area contributed by atoms with E-state index in [9.17, 15) is 4.39 Å². The molecule has 92 valence electrons. The first-order valence-corrected chi connectivity index (χ1v) is 5.69. The van der Waals surface area contributed by atoms with E-state index < -0.39 is 5.82 Å². The van der Waals surface area contributed by atoms with Gasteiger partial charge in [0.05, 0.1) is 21.8 Å². The zero-order valence-electron chi connectivity index (χ0n) is 9.61. The number of hydrogen-bond acceptors (Lipinski definition) is 3. The Labute approximate surface area is 114 Å². The van der Waals surface area contributed by atoms with Crippen LogP contribution < -0.4 is 5.32 Å². The first kappa shape index (κ1) is 12.9. The number of nitrogens with one attached hydrogen (secondary N) is 1. The summed E-state index contributed by atoms with van der Waals surface area (Å²) in [6.45, 7) is 0. The number of rotatable bonds is 2. The fourth-order valence-corrected chi connectivity index (χ4v) is 1.80. The Morgan fingerprint density at radius 2 is 1.89 bits per heavy atom. The van der Waals surface area contributed by atoms with Crippen molar-refractivity contribution in [2.24, 2.45) is 0 Å². The van der Waals surface area contributed by atoms with E-state index in [-0.39, 0.29) is 5.56 Å². The number of benzene rings is 2. The van der Waals surface area contributed by atoms with Crippen LogP contribution in [0.15, 0.2) is 36.4 Å². The molecule has 1 N–H and O–H groups in total. The average Bonchev–Trinajstić information content (AvgIpc) is 2.41. The van der Waals surface area contributed by atoms with Crippen LogP contribution >= 0.6 is 11.6 Å². The van der Waals surface area contributed by atoms with Crippen molar-refractivity contribution in [2.75, 3.05) is 5.32 Å². The largest absolute Gasteiger partial charge is 0.354 e. The van der Waals surface area contributed by atoms with Crippen molar-refractivity contribution in [3.05, 3.63) is 58.4 Å². The van der Waals surface area contributed by atoms with Crippen molar-refractivity contribution < 1.29 is 4.39 Å². The van der Waals surface area contributed by atoms with Gasteiger partial charge in [-0.05, 0) is 30.3 Å². The molecular formula is C14H7ClFN3. The molecule has 2 aromatic carbocycles. The van der Waals surface area contributed by atoms with Gasteiger partial charge in [-0.15, -0.1) is 0 Å². The number of hydrogen-bond donors (Lipinski definition) is 1. The van der Waals surface area contributed by atoms with Gasteiger partial charge < -0.3 is 5.32 Å². The SMILES string of the molecule is N#Cc1cc(Nc2cccc(Cl)c2C#N)ccc1F. The van der Waals surface area contributed by atoms with E-state index in [0.29, 0.717) is 22.0 Å². The van der Waals surface area contributed by atoms with Crippen molar-refractivity contribution in [2.45, 2.75) is 0 Å². The Kier molecular flexibility index (Phi) is 3.66. The van der Waals surface area contributed by atoms with E-state index in [4.69, 9.17) is 22.1 Å². The molecule has 0 aliphatic carbocycles. The van der Waals surface area contributed by atoms with Crippen LogP contribution in [0.2, 0.25) is 5.02 Å². The standard InChI is InChI=1S/C14H7ClFN3/c15-12-2-1-3-14(11(12)8-18)19-10-4-5-13(16)9(6-10)7-17/h1-6,19H. The Hall–Kier alpha value is -2.56. The van der Waals surface area contributed by atoms with Crippen LogP contribution in [-0.4, -0.2) is 0 Å². The van der Waals surface area contributed by atoms with Gasteiger partial charge in [-0.25, -0.2) is 4.39 Å². The lowest BCUT2D eigenvalue weighted by atomic mass is 10.1. The van der Waals surface area contributed by atoms with Crippen molar-refractivity contribution in [1.82, 2.24) is 0 Å². The van der Waals surface area contributed by atoms with Crippen molar-refractivity contribution in [1.29, 1.82) is 10.5 Å². The van der Waals surface area contributed by atoms with Crippen molar-refractivity contribution >= 4 is 23.0 Å². The van der Waals surface area contributed by atoms with Crippen LogP contribution in [-0.2, 0) is 0 Å². The van der Waals surface area contributed by atoms with Gasteiger partial charge in [0.1, 0.15) is 18.0 Å². The zero-order chi connectivity index (χ0) is 13.8. The first-order chi connectivity index (χ1) is 9.15. The zero-order valence-corrected chi connectivity index (χ0v) is 10.4. The third kappa shape index (κ3) is 2.65. The third-order valence-electron chi connectivity index (χ3n) is 2.49. The van der Waals surface area contributed by atoms with Crippen LogP contribution in [0.4, 0.5) is 15.8 Å². The summed E-state index contributed by atoms with van der Waals surface area (Å²) in [6.07, 6.45) is 0. The van der Waals surface area contributed by atoms with Gasteiger partial charge >= 0.3 is 0 Å². The maximum Gasteiger partial charge on any atom is 0.141 e. The lowest BCUT2D eigenvalue weighted by Crippen LogP contribution is -1.95. The highest BCUT2D eigenvalue weighted by atomic mass is 35.5. The lowest BCUT2D eigenvalue weighted by Gasteiger charge is -2.09. The number of anilines is 2. The molecule has 0 amide bonds. The van der Waals surface area contributed by atoms with E-state index in [0.717, 1.165) is 0 Å². The third-order valence-corrected chi connectivity index (χ3v) is 2.81. The van der Waals surface area contributed by atoms with Gasteiger partial charge in [-0.1, -0.05) is 17.7 Å². The molecule has 3 nitrogen and oxygen atoms in total. The van der Waals surface area contributed by atoms with Crippen LogP contribution in [0.25, 0.3) is 0 Å². The molecule has 19 heavy (non-hydrogen) atoms. The van der Waals surface area contributed by atoms with Gasteiger partial charge in [0.2, 0.25) is 0 Å². The Bertz CT molecular complexity index is 714. The molecule has 2 aromatic rings. The summed E-state index contributed by atoms with van der Waals surface area (Å²) in [5.41, 5.74) is 1.25. The van der Waals surface area contributed by atoms with Crippen LogP contribution in [0.3, 0.4) is 0 Å². The second-order valence-corrected chi connectivity index (χ2v) is 4.11. The van der Waals surface area contributed by atoms with Gasteiger partial charge in [-0.3, -0.25) is 0 Å². The minimum absolute atomic E-state index is 0.0643. The van der Waals surface area contributed by atoms with Gasteiger partial charge in [0.15, 0.2) is 0 Å². The predicted molar refractivity (Wildman–Crippen MR) is 70.6 cm³/mol. The molecular weight excluding hydrogens is 265 g/mol. The smallest absolute Gasteiger partial charge is 0.141 e. The van der Waals surface area contributed by atoms with E-state index in [1.54, 1.807) is 24.3 Å². The van der Waals surface area contributed by atoms with E-state index in [1.165, 1.54) is 18.2 Å². The minimum atomic E-state index is -0.584. The second-order valence-electron chi connectivity index (χ2n) is 3.71. The molecule has 0 bridgehead atoms. The van der Waals surface area contributed by atoms with Gasteiger partial charge in [-0.2, -0.15) is 10.5 Å². The van der Waals surface area contributed by atoms with Crippen LogP contribution in [0.5, 0.6) is 0 Å². The van der Waals surface area contributed by atoms with E-state index in [1.807, 2.05) is 6.07 Å². The van der Waals surface area contributed by atoms with E-state index >= 15 is 0 Å². The molecule has 0 aliphatic rings. The quantitative estimate of drug-likeness (QED) is 0.899. The lowest BCUT2D eigenvalue weighted by molar-refractivity contribution is 0.624. The molecule has 0 atom stereocenters. The Morgan fingerprint density at radius 3 is 2.58 bits per heavy atom. The van der Waals surface area contributed by atoms with Gasteiger partial charge in [0.25, 0.3) is 0 Å². The summed E-state index contributed by atoms with van der Waals surface area (Å²) in [5.74, 6) is -0.584. The van der Waals surface area contributed by atoms with Gasteiger partial charge in [0, 0.05) is 5.69 Å². The van der Waals surface area contributed by atoms with Crippen molar-refractivity contribution in [3.63, 3.8) is 0 Å². The highest BCUT2D eigenvalue weighted by molar-refractivity contribution is 6.32. The molecule has 0 heterocycles. The predicted octanol–water partition coefficient (Wildman–Crippen LogP) is 3.97. The van der Waals surface area contributed by atoms with Crippen LogP contribution in [0, 0.1) is 28.5 Å². The van der Waals surface area contributed by atoms with Crippen molar-refractivity contribution in [3.8, 4) is 12.1 Å². The molecule has 0 aromatic heterocycles. The van der Waals surface area contributed by atoms with E-state index in [2.05, 4.69) is 5.32 Å². The molecule has 5 heteroatoms. The summed E-state index contributed by atoms with van der Waals surface area (Å²) in [4.78, 5) is 0. The average molecular weight is 272 g/mol. The highest BCUT2D eigenvalue weighted by Gasteiger charge is 2.08. The normalized spacial score (nSPS) is 9.47. The molecule has 0 fully saturated rings. The molecule has 0 saturated heterocycles. The summed E-state index contributed by atoms with van der Waals surface area (Å²) in [5, 5.41) is 21.1. The maximum absolute atomic E-state index is 13.2. The van der Waals surface area contributed by atoms with Crippen LogP contribution in [0.1, 0.15) is 11.1 Å². The maximum atomic E-state index is 13.2. The topological polar surface area (TPSA) is 59.6 Å². The molecule has 0 unspecified atom stereocenters. The molecule has 2 rings (SSSR count). The fraction of sp³-hybridized carbons (Fsp3) is 0. The summed E-state index contributed by atoms with van der Waals surface area (Å²) >= 11 is 5.90.